The molecule has 0 aliphatic carbocycles. The quantitative estimate of drug-likeness (QED) is 0.473. The molecule has 2 aromatic rings. The molecule has 1 fully saturated rings. The number of para-hydroxylation sites is 1. The summed E-state index contributed by atoms with van der Waals surface area (Å²) in [5.41, 5.74) is 1.81. The number of rotatable bonds is 6. The monoisotopic (exact) mass is 430 g/mol. The number of carbonyl (C=O) groups is 1. The third-order valence-electron chi connectivity index (χ3n) is 3.70. The van der Waals surface area contributed by atoms with E-state index >= 15 is 0 Å². The van der Waals surface area contributed by atoms with Crippen LogP contribution in [-0.4, -0.2) is 35.7 Å². The van der Waals surface area contributed by atoms with E-state index < -0.39 is 0 Å². The SMILES string of the molecule is CCOCCN1C(=O)/C(=C/c2ccc(Br)cc2)SC1=Nc1ccccc1. The Balaban J connectivity index is 1.88. The van der Waals surface area contributed by atoms with E-state index in [9.17, 15) is 4.79 Å². The third-order valence-corrected chi connectivity index (χ3v) is 5.24. The van der Waals surface area contributed by atoms with Gasteiger partial charge in [0, 0.05) is 11.1 Å². The predicted molar refractivity (Wildman–Crippen MR) is 111 cm³/mol. The van der Waals surface area contributed by atoms with Gasteiger partial charge in [-0.3, -0.25) is 9.69 Å². The second kappa shape index (κ2) is 9.16. The smallest absolute Gasteiger partial charge is 0.266 e. The zero-order valence-electron chi connectivity index (χ0n) is 14.4. The van der Waals surface area contributed by atoms with Gasteiger partial charge in [0.15, 0.2) is 5.17 Å². The molecule has 3 rings (SSSR count). The molecule has 1 amide bonds. The molecule has 6 heteroatoms. The van der Waals surface area contributed by atoms with E-state index in [2.05, 4.69) is 20.9 Å². The summed E-state index contributed by atoms with van der Waals surface area (Å²) in [6.45, 7) is 3.55. The maximum atomic E-state index is 12.9. The second-order valence-corrected chi connectivity index (χ2v) is 7.47. The number of benzene rings is 2. The van der Waals surface area contributed by atoms with Gasteiger partial charge in [0.25, 0.3) is 5.91 Å². The van der Waals surface area contributed by atoms with Crippen molar-refractivity contribution in [3.8, 4) is 0 Å². The lowest BCUT2D eigenvalue weighted by Crippen LogP contribution is -2.32. The third kappa shape index (κ3) is 4.84. The van der Waals surface area contributed by atoms with Crippen molar-refractivity contribution in [2.45, 2.75) is 6.92 Å². The normalized spacial score (nSPS) is 17.5. The lowest BCUT2D eigenvalue weighted by atomic mass is 10.2. The van der Waals surface area contributed by atoms with E-state index in [0.717, 1.165) is 15.7 Å². The predicted octanol–water partition coefficient (Wildman–Crippen LogP) is 5.09. The molecule has 0 aromatic heterocycles. The Morgan fingerprint density at radius 1 is 1.15 bits per heavy atom. The van der Waals surface area contributed by atoms with Crippen LogP contribution >= 0.6 is 27.7 Å². The first-order valence-corrected chi connectivity index (χ1v) is 9.97. The van der Waals surface area contributed by atoms with Gasteiger partial charge in [0.1, 0.15) is 0 Å². The van der Waals surface area contributed by atoms with Crippen molar-refractivity contribution in [3.63, 3.8) is 0 Å². The summed E-state index contributed by atoms with van der Waals surface area (Å²) in [5.74, 6) is -0.0349. The summed E-state index contributed by atoms with van der Waals surface area (Å²) in [6, 6.07) is 17.5. The van der Waals surface area contributed by atoms with E-state index in [1.165, 1.54) is 11.8 Å². The molecule has 4 nitrogen and oxygen atoms in total. The summed E-state index contributed by atoms with van der Waals surface area (Å²) < 4.78 is 6.44. The van der Waals surface area contributed by atoms with Gasteiger partial charge in [-0.1, -0.05) is 46.3 Å². The number of amides is 1. The van der Waals surface area contributed by atoms with Crippen molar-refractivity contribution < 1.29 is 9.53 Å². The standard InChI is InChI=1S/C20H19BrN2O2S/c1-2-25-13-12-23-19(24)18(14-15-8-10-16(21)11-9-15)26-20(23)22-17-6-4-3-5-7-17/h3-11,14H,2,12-13H2,1H3/b18-14-,22-20?. The number of ether oxygens (including phenoxy) is 1. The van der Waals surface area contributed by atoms with Gasteiger partial charge in [0.2, 0.25) is 0 Å². The van der Waals surface area contributed by atoms with Gasteiger partial charge in [-0.15, -0.1) is 0 Å². The topological polar surface area (TPSA) is 41.9 Å². The zero-order chi connectivity index (χ0) is 18.4. The fourth-order valence-electron chi connectivity index (χ4n) is 2.41. The first kappa shape index (κ1) is 18.9. The number of amidine groups is 1. The number of carbonyl (C=O) groups excluding carboxylic acids is 1. The molecule has 0 spiro atoms. The van der Waals surface area contributed by atoms with Crippen LogP contribution in [0.15, 0.2) is 69.0 Å². The highest BCUT2D eigenvalue weighted by molar-refractivity contribution is 9.10. The molecule has 1 saturated heterocycles. The maximum Gasteiger partial charge on any atom is 0.266 e. The van der Waals surface area contributed by atoms with Crippen LogP contribution in [0, 0.1) is 0 Å². The Labute approximate surface area is 166 Å². The molecular formula is C20H19BrN2O2S. The van der Waals surface area contributed by atoms with E-state index in [0.29, 0.717) is 29.8 Å². The Kier molecular flexibility index (Phi) is 6.66. The highest BCUT2D eigenvalue weighted by Gasteiger charge is 2.33. The van der Waals surface area contributed by atoms with E-state index in [1.807, 2.05) is 67.6 Å². The molecule has 1 heterocycles. The second-order valence-electron chi connectivity index (χ2n) is 5.55. The van der Waals surface area contributed by atoms with Crippen LogP contribution in [0.5, 0.6) is 0 Å². The molecule has 1 aliphatic heterocycles. The van der Waals surface area contributed by atoms with Crippen LogP contribution in [0.25, 0.3) is 6.08 Å². The summed E-state index contributed by atoms with van der Waals surface area (Å²) in [6.07, 6.45) is 1.90. The molecule has 0 unspecified atom stereocenters. The van der Waals surface area contributed by atoms with E-state index in [1.54, 1.807) is 4.90 Å². The number of hydrogen-bond acceptors (Lipinski definition) is 4. The van der Waals surface area contributed by atoms with Crippen LogP contribution in [-0.2, 0) is 9.53 Å². The number of hydrogen-bond donors (Lipinski definition) is 0. The number of nitrogens with zero attached hydrogens (tertiary/aromatic N) is 2. The van der Waals surface area contributed by atoms with Crippen LogP contribution in [0.4, 0.5) is 5.69 Å². The highest BCUT2D eigenvalue weighted by Crippen LogP contribution is 2.34. The first-order valence-electron chi connectivity index (χ1n) is 8.36. The Morgan fingerprint density at radius 2 is 1.88 bits per heavy atom. The molecule has 0 N–H and O–H groups in total. The lowest BCUT2D eigenvalue weighted by molar-refractivity contribution is -0.122. The van der Waals surface area contributed by atoms with Gasteiger partial charge >= 0.3 is 0 Å². The summed E-state index contributed by atoms with van der Waals surface area (Å²) >= 11 is 4.83. The fraction of sp³-hybridized carbons (Fsp3) is 0.200. The molecule has 0 radical (unpaired) electrons. The molecule has 2 aromatic carbocycles. The summed E-state index contributed by atoms with van der Waals surface area (Å²) in [5, 5.41) is 0.685. The minimum atomic E-state index is -0.0349. The van der Waals surface area contributed by atoms with Crippen LogP contribution in [0.3, 0.4) is 0 Å². The summed E-state index contributed by atoms with van der Waals surface area (Å²) in [7, 11) is 0. The molecule has 0 atom stereocenters. The average Bonchev–Trinajstić information content (AvgIpc) is 2.93. The highest BCUT2D eigenvalue weighted by atomic mass is 79.9. The van der Waals surface area contributed by atoms with Crippen molar-refractivity contribution >= 4 is 50.5 Å². The Bertz CT molecular complexity index is 819. The molecule has 0 saturated carbocycles. The minimum absolute atomic E-state index is 0.0349. The van der Waals surface area contributed by atoms with Gasteiger partial charge in [-0.2, -0.15) is 0 Å². The van der Waals surface area contributed by atoms with Crippen LogP contribution in [0.1, 0.15) is 12.5 Å². The van der Waals surface area contributed by atoms with Gasteiger partial charge < -0.3 is 4.74 Å². The van der Waals surface area contributed by atoms with Crippen LogP contribution < -0.4 is 0 Å². The Hall–Kier alpha value is -1.89. The first-order chi connectivity index (χ1) is 12.7. The van der Waals surface area contributed by atoms with E-state index in [-0.39, 0.29) is 5.91 Å². The van der Waals surface area contributed by atoms with Crippen molar-refractivity contribution in [1.82, 2.24) is 4.90 Å². The summed E-state index contributed by atoms with van der Waals surface area (Å²) in [4.78, 5) is 19.9. The number of thioether (sulfide) groups is 1. The van der Waals surface area contributed by atoms with Gasteiger partial charge in [0.05, 0.1) is 23.7 Å². The van der Waals surface area contributed by atoms with Crippen molar-refractivity contribution in [1.29, 1.82) is 0 Å². The molecule has 1 aliphatic rings. The molecular weight excluding hydrogens is 412 g/mol. The van der Waals surface area contributed by atoms with E-state index in [4.69, 9.17) is 4.74 Å². The largest absolute Gasteiger partial charge is 0.380 e. The van der Waals surface area contributed by atoms with Gasteiger partial charge in [-0.25, -0.2) is 4.99 Å². The molecule has 26 heavy (non-hydrogen) atoms. The maximum absolute atomic E-state index is 12.9. The van der Waals surface area contributed by atoms with Crippen molar-refractivity contribution in [3.05, 3.63) is 69.5 Å². The lowest BCUT2D eigenvalue weighted by Gasteiger charge is -2.15. The van der Waals surface area contributed by atoms with Gasteiger partial charge in [-0.05, 0) is 54.6 Å². The zero-order valence-corrected chi connectivity index (χ0v) is 16.8. The number of aliphatic imine (C=N–C) groups is 1. The fourth-order valence-corrected chi connectivity index (χ4v) is 3.70. The minimum Gasteiger partial charge on any atom is -0.380 e. The van der Waals surface area contributed by atoms with Crippen LogP contribution in [0.2, 0.25) is 0 Å². The Morgan fingerprint density at radius 3 is 2.58 bits per heavy atom. The number of halogens is 1. The van der Waals surface area contributed by atoms with Crippen molar-refractivity contribution in [2.75, 3.05) is 19.8 Å². The molecule has 0 bridgehead atoms. The van der Waals surface area contributed by atoms with Crippen molar-refractivity contribution in [2.24, 2.45) is 4.99 Å². The molecule has 134 valence electrons. The average molecular weight is 431 g/mol.